The van der Waals surface area contributed by atoms with Crippen LogP contribution in [0.3, 0.4) is 0 Å². The third-order valence-corrected chi connectivity index (χ3v) is 4.36. The minimum absolute atomic E-state index is 0. The summed E-state index contributed by atoms with van der Waals surface area (Å²) in [6.07, 6.45) is 8.96. The Morgan fingerprint density at radius 2 is 1.95 bits per heavy atom. The zero-order valence-corrected chi connectivity index (χ0v) is 15.2. The van der Waals surface area contributed by atoms with Gasteiger partial charge in [-0.25, -0.2) is 5.48 Å². The van der Waals surface area contributed by atoms with Crippen molar-refractivity contribution in [1.82, 2.24) is 10.8 Å². The van der Waals surface area contributed by atoms with Gasteiger partial charge in [0.25, 0.3) is 0 Å². The average molecular weight is 319 g/mol. The van der Waals surface area contributed by atoms with E-state index in [1.807, 2.05) is 13.8 Å². The Kier molecular flexibility index (Phi) is 18.9. The summed E-state index contributed by atoms with van der Waals surface area (Å²) in [7, 11) is 0. The lowest BCUT2D eigenvalue weighted by molar-refractivity contribution is 0.0290. The topological polar surface area (TPSA) is 33.3 Å². The van der Waals surface area contributed by atoms with Crippen LogP contribution in [0.5, 0.6) is 0 Å². The Labute approximate surface area is 142 Å². The average Bonchev–Trinajstić information content (AvgIpc) is 2.53. The highest BCUT2D eigenvalue weighted by atomic mass is 16.6. The van der Waals surface area contributed by atoms with E-state index in [1.165, 1.54) is 51.5 Å². The molecule has 3 nitrogen and oxygen atoms in total. The van der Waals surface area contributed by atoms with E-state index in [9.17, 15) is 0 Å². The van der Waals surface area contributed by atoms with Crippen molar-refractivity contribution in [2.45, 2.75) is 93.0 Å². The first-order chi connectivity index (χ1) is 10.3. The molecule has 0 aliphatic carbocycles. The van der Waals surface area contributed by atoms with Gasteiger partial charge in [0, 0.05) is 14.0 Å². The molecule has 2 N–H and O–H groups in total. The molecule has 1 heterocycles. The van der Waals surface area contributed by atoms with Crippen LogP contribution in [0.15, 0.2) is 0 Å². The molecule has 3 atom stereocenters. The summed E-state index contributed by atoms with van der Waals surface area (Å²) < 4.78 is 0. The highest BCUT2D eigenvalue weighted by Gasteiger charge is 2.16. The molecular weight excluding hydrogens is 272 g/mol. The highest BCUT2D eigenvalue weighted by Crippen LogP contribution is 2.15. The second-order valence-electron chi connectivity index (χ2n) is 6.17. The van der Waals surface area contributed by atoms with Crippen molar-refractivity contribution in [3.63, 3.8) is 0 Å². The molecule has 1 saturated heterocycles. The molecule has 1 aliphatic rings. The first-order valence-electron chi connectivity index (χ1n) is 9.34. The Hall–Kier alpha value is -0.120. The van der Waals surface area contributed by atoms with E-state index >= 15 is 0 Å². The molecule has 1 aliphatic heterocycles. The molecule has 1 fully saturated rings. The highest BCUT2D eigenvalue weighted by molar-refractivity contribution is 4.75. The fraction of sp³-hybridized carbons (Fsp3) is 1.00. The summed E-state index contributed by atoms with van der Waals surface area (Å²) in [5, 5.41) is 3.61. The van der Waals surface area contributed by atoms with Crippen LogP contribution in [0, 0.1) is 11.8 Å². The number of hydroxylamine groups is 1. The van der Waals surface area contributed by atoms with Gasteiger partial charge in [-0.2, -0.15) is 0 Å². The van der Waals surface area contributed by atoms with Crippen LogP contribution in [0.2, 0.25) is 0 Å². The molecule has 0 spiro atoms. The fourth-order valence-corrected chi connectivity index (χ4v) is 2.87. The van der Waals surface area contributed by atoms with Gasteiger partial charge < -0.3 is 10.2 Å². The summed E-state index contributed by atoms with van der Waals surface area (Å²) in [4.78, 5) is 5.55. The predicted molar refractivity (Wildman–Crippen MR) is 102 cm³/mol. The van der Waals surface area contributed by atoms with Gasteiger partial charge in [0.15, 0.2) is 0 Å². The molecule has 0 aromatic rings. The number of rotatable bonds is 10. The van der Waals surface area contributed by atoms with Crippen molar-refractivity contribution < 1.29 is 6.26 Å². The van der Waals surface area contributed by atoms with E-state index < -0.39 is 0 Å². The predicted octanol–water partition coefficient (Wildman–Crippen LogP) is 5.41. The van der Waals surface area contributed by atoms with E-state index in [2.05, 4.69) is 31.6 Å². The van der Waals surface area contributed by atoms with Crippen molar-refractivity contribution in [1.29, 1.82) is 0 Å². The van der Waals surface area contributed by atoms with Crippen molar-refractivity contribution in [3.8, 4) is 0 Å². The summed E-state index contributed by atoms with van der Waals surface area (Å²) in [5.74, 6) is 1.69. The number of nitrogens with one attached hydrogen (secondary N) is 2. The standard InChI is InChI=1S/C16H34N2O.C2H6.CH4.H2/c1-4-6-15(5-2)10-12-19-18-11-9-16-8-7-14(3)13-17-16;1-2;;/h14-18H,4-13H2,1-3H3;1-2H3;1H4;1H/t14?,15?,16-;;;/m1.../s1. The van der Waals surface area contributed by atoms with Crippen LogP contribution in [0.4, 0.5) is 0 Å². The van der Waals surface area contributed by atoms with Crippen LogP contribution >= 0.6 is 0 Å². The Morgan fingerprint density at radius 3 is 2.50 bits per heavy atom. The van der Waals surface area contributed by atoms with Gasteiger partial charge in [0.05, 0.1) is 6.61 Å². The molecule has 2 unspecified atom stereocenters. The molecule has 0 saturated carbocycles. The Bertz CT molecular complexity index is 210. The third-order valence-electron chi connectivity index (χ3n) is 4.36. The summed E-state index contributed by atoms with van der Waals surface area (Å²) in [5.41, 5.74) is 3.13. The zero-order chi connectivity index (χ0) is 15.9. The van der Waals surface area contributed by atoms with Gasteiger partial charge in [-0.3, -0.25) is 0 Å². The van der Waals surface area contributed by atoms with E-state index in [-0.39, 0.29) is 8.85 Å². The third kappa shape index (κ3) is 12.4. The normalized spacial score (nSPS) is 22.2. The Morgan fingerprint density at radius 1 is 1.23 bits per heavy atom. The fourth-order valence-electron chi connectivity index (χ4n) is 2.87. The molecule has 0 bridgehead atoms. The van der Waals surface area contributed by atoms with E-state index in [0.29, 0.717) is 6.04 Å². The van der Waals surface area contributed by atoms with Crippen LogP contribution in [0.1, 0.15) is 88.4 Å². The summed E-state index contributed by atoms with van der Waals surface area (Å²) in [6, 6.07) is 0.691. The lowest BCUT2D eigenvalue weighted by Gasteiger charge is -2.27. The minimum atomic E-state index is 0. The monoisotopic (exact) mass is 318 g/mol. The van der Waals surface area contributed by atoms with Crippen LogP contribution in [-0.4, -0.2) is 25.7 Å². The van der Waals surface area contributed by atoms with E-state index in [0.717, 1.165) is 25.0 Å². The second-order valence-corrected chi connectivity index (χ2v) is 6.17. The Balaban J connectivity index is -0.000000960. The number of hydrogen-bond donors (Lipinski definition) is 2. The first-order valence-corrected chi connectivity index (χ1v) is 9.34. The zero-order valence-electron chi connectivity index (χ0n) is 15.2. The van der Waals surface area contributed by atoms with Crippen molar-refractivity contribution >= 4 is 0 Å². The number of hydrogen-bond acceptors (Lipinski definition) is 3. The van der Waals surface area contributed by atoms with Crippen LogP contribution < -0.4 is 10.8 Å². The first kappa shape index (κ1) is 24.1. The van der Waals surface area contributed by atoms with Crippen molar-refractivity contribution in [3.05, 3.63) is 0 Å². The molecule has 0 aromatic carbocycles. The lowest BCUT2D eigenvalue weighted by atomic mass is 9.95. The van der Waals surface area contributed by atoms with Crippen molar-refractivity contribution in [2.24, 2.45) is 11.8 Å². The largest absolute Gasteiger partial charge is 0.314 e. The van der Waals surface area contributed by atoms with Crippen molar-refractivity contribution in [2.75, 3.05) is 19.7 Å². The number of piperidine rings is 1. The van der Waals surface area contributed by atoms with E-state index in [1.54, 1.807) is 0 Å². The van der Waals surface area contributed by atoms with Gasteiger partial charge >= 0.3 is 0 Å². The van der Waals surface area contributed by atoms with Gasteiger partial charge in [0.1, 0.15) is 0 Å². The second kappa shape index (κ2) is 17.2. The summed E-state index contributed by atoms with van der Waals surface area (Å²) in [6.45, 7) is 13.9. The van der Waals surface area contributed by atoms with E-state index in [4.69, 9.17) is 4.84 Å². The SMILES string of the molecule is C.CC.CCCC(CC)CCONCC[C@H]1CCC(C)CN1.[HH]. The smallest absolute Gasteiger partial charge is 0.0684 e. The maximum absolute atomic E-state index is 5.55. The maximum atomic E-state index is 5.55. The quantitative estimate of drug-likeness (QED) is 0.417. The molecule has 0 radical (unpaired) electrons. The molecule has 1 rings (SSSR count). The lowest BCUT2D eigenvalue weighted by Crippen LogP contribution is -2.39. The van der Waals surface area contributed by atoms with Gasteiger partial charge in [-0.15, -0.1) is 0 Å². The summed E-state index contributed by atoms with van der Waals surface area (Å²) >= 11 is 0. The van der Waals surface area contributed by atoms with Crippen LogP contribution in [-0.2, 0) is 4.84 Å². The van der Waals surface area contributed by atoms with Gasteiger partial charge in [0.2, 0.25) is 0 Å². The van der Waals surface area contributed by atoms with Gasteiger partial charge in [-0.05, 0) is 44.1 Å². The molecular formula is C19H46N2O. The maximum Gasteiger partial charge on any atom is 0.0684 e. The molecule has 22 heavy (non-hydrogen) atoms. The molecule has 0 amide bonds. The minimum Gasteiger partial charge on any atom is -0.314 e. The van der Waals surface area contributed by atoms with Gasteiger partial charge in [-0.1, -0.05) is 61.3 Å². The molecule has 0 aromatic heterocycles. The van der Waals surface area contributed by atoms with Crippen LogP contribution in [0.25, 0.3) is 0 Å². The molecule has 138 valence electrons. The molecule has 3 heteroatoms.